The van der Waals surface area contributed by atoms with Crippen LogP contribution in [0.2, 0.25) is 0 Å². The highest BCUT2D eigenvalue weighted by molar-refractivity contribution is 9.10. The van der Waals surface area contributed by atoms with Crippen LogP contribution in [0.15, 0.2) is 28.7 Å². The number of benzene rings is 1. The fourth-order valence-electron chi connectivity index (χ4n) is 1.09. The molecular weight excluding hydrogens is 258 g/mol. The second-order valence-electron chi connectivity index (χ2n) is 3.45. The minimum absolute atomic E-state index is 0.324. The number of nitrogens with two attached hydrogens (primary N) is 1. The monoisotopic (exact) mass is 273 g/mol. The first-order chi connectivity index (χ1) is 6.68. The third kappa shape index (κ3) is 5.03. The van der Waals surface area contributed by atoms with Crippen molar-refractivity contribution in [3.8, 4) is 0 Å². The molecule has 0 aromatic heterocycles. The standard InChI is InChI=1S/C11H16BrNS/c1-9(13)5-6-14-8-10-3-2-4-11(12)7-10/h2-4,7,9H,5-6,8,13H2,1H3. The molecule has 0 heterocycles. The Morgan fingerprint density at radius 1 is 1.50 bits per heavy atom. The zero-order valence-corrected chi connectivity index (χ0v) is 10.8. The lowest BCUT2D eigenvalue weighted by atomic mass is 10.2. The van der Waals surface area contributed by atoms with E-state index in [9.17, 15) is 0 Å². The molecule has 0 bridgehead atoms. The molecule has 1 rings (SSSR count). The maximum absolute atomic E-state index is 5.68. The van der Waals surface area contributed by atoms with Crippen LogP contribution in [0.4, 0.5) is 0 Å². The molecular formula is C11H16BrNS. The number of hydrogen-bond acceptors (Lipinski definition) is 2. The third-order valence-corrected chi connectivity index (χ3v) is 3.43. The van der Waals surface area contributed by atoms with Gasteiger partial charge in [0, 0.05) is 16.3 Å². The maximum atomic E-state index is 5.68. The number of rotatable bonds is 5. The number of hydrogen-bond donors (Lipinski definition) is 1. The average Bonchev–Trinajstić information content (AvgIpc) is 2.12. The number of thioether (sulfide) groups is 1. The van der Waals surface area contributed by atoms with Gasteiger partial charge in [-0.05, 0) is 36.8 Å². The van der Waals surface area contributed by atoms with Crippen molar-refractivity contribution in [2.45, 2.75) is 25.1 Å². The summed E-state index contributed by atoms with van der Waals surface area (Å²) in [6, 6.07) is 8.77. The highest BCUT2D eigenvalue weighted by Gasteiger charge is 1.96. The predicted molar refractivity (Wildman–Crippen MR) is 68.6 cm³/mol. The Morgan fingerprint density at radius 3 is 2.93 bits per heavy atom. The topological polar surface area (TPSA) is 26.0 Å². The van der Waals surface area contributed by atoms with E-state index in [0.29, 0.717) is 6.04 Å². The Labute approximate surface area is 98.6 Å². The molecule has 0 fully saturated rings. The Bertz CT molecular complexity index is 276. The van der Waals surface area contributed by atoms with Crippen LogP contribution in [-0.2, 0) is 5.75 Å². The van der Waals surface area contributed by atoms with E-state index in [1.807, 2.05) is 11.8 Å². The van der Waals surface area contributed by atoms with Gasteiger partial charge in [0.25, 0.3) is 0 Å². The molecule has 0 saturated carbocycles. The van der Waals surface area contributed by atoms with Gasteiger partial charge in [-0.3, -0.25) is 0 Å². The van der Waals surface area contributed by atoms with Crippen LogP contribution in [-0.4, -0.2) is 11.8 Å². The van der Waals surface area contributed by atoms with Crippen molar-refractivity contribution in [1.29, 1.82) is 0 Å². The van der Waals surface area contributed by atoms with Gasteiger partial charge in [0.15, 0.2) is 0 Å². The fraction of sp³-hybridized carbons (Fsp3) is 0.455. The third-order valence-electron chi connectivity index (χ3n) is 1.88. The summed E-state index contributed by atoms with van der Waals surface area (Å²) in [7, 11) is 0. The lowest BCUT2D eigenvalue weighted by molar-refractivity contribution is 0.721. The number of halogens is 1. The van der Waals surface area contributed by atoms with Gasteiger partial charge >= 0.3 is 0 Å². The van der Waals surface area contributed by atoms with Gasteiger partial charge < -0.3 is 5.73 Å². The second kappa shape index (κ2) is 6.49. The first-order valence-electron chi connectivity index (χ1n) is 4.76. The van der Waals surface area contributed by atoms with Crippen molar-refractivity contribution in [3.63, 3.8) is 0 Å². The quantitative estimate of drug-likeness (QED) is 0.833. The molecule has 1 aromatic rings. The first-order valence-corrected chi connectivity index (χ1v) is 6.71. The van der Waals surface area contributed by atoms with Crippen LogP contribution in [0.1, 0.15) is 18.9 Å². The second-order valence-corrected chi connectivity index (χ2v) is 5.47. The highest BCUT2D eigenvalue weighted by Crippen LogP contribution is 2.17. The van der Waals surface area contributed by atoms with Crippen LogP contribution < -0.4 is 5.73 Å². The minimum Gasteiger partial charge on any atom is -0.328 e. The van der Waals surface area contributed by atoms with Gasteiger partial charge in [0.05, 0.1) is 0 Å². The van der Waals surface area contributed by atoms with Gasteiger partial charge in [0.1, 0.15) is 0 Å². The lowest BCUT2D eigenvalue weighted by Crippen LogP contribution is -2.15. The van der Waals surface area contributed by atoms with Gasteiger partial charge in [-0.1, -0.05) is 28.1 Å². The van der Waals surface area contributed by atoms with Crippen molar-refractivity contribution < 1.29 is 0 Å². The first kappa shape index (κ1) is 12.1. The zero-order valence-electron chi connectivity index (χ0n) is 8.37. The van der Waals surface area contributed by atoms with E-state index in [1.54, 1.807) is 0 Å². The van der Waals surface area contributed by atoms with Crippen molar-refractivity contribution in [3.05, 3.63) is 34.3 Å². The summed E-state index contributed by atoms with van der Waals surface area (Å²) in [6.45, 7) is 2.06. The fourth-order valence-corrected chi connectivity index (χ4v) is 2.63. The molecule has 3 heteroatoms. The molecule has 1 nitrogen and oxygen atoms in total. The SMILES string of the molecule is CC(N)CCSCc1cccc(Br)c1. The van der Waals surface area contributed by atoms with E-state index in [1.165, 1.54) is 5.56 Å². The summed E-state index contributed by atoms with van der Waals surface area (Å²) in [4.78, 5) is 0. The molecule has 0 amide bonds. The van der Waals surface area contributed by atoms with E-state index < -0.39 is 0 Å². The van der Waals surface area contributed by atoms with Gasteiger partial charge in [-0.15, -0.1) is 0 Å². The maximum Gasteiger partial charge on any atom is 0.0184 e. The molecule has 1 unspecified atom stereocenters. The average molecular weight is 274 g/mol. The smallest absolute Gasteiger partial charge is 0.0184 e. The molecule has 1 aromatic carbocycles. The summed E-state index contributed by atoms with van der Waals surface area (Å²) in [5.41, 5.74) is 7.04. The zero-order chi connectivity index (χ0) is 10.4. The van der Waals surface area contributed by atoms with Crippen molar-refractivity contribution in [2.24, 2.45) is 5.73 Å². The minimum atomic E-state index is 0.324. The molecule has 0 saturated heterocycles. The van der Waals surface area contributed by atoms with Crippen LogP contribution in [0, 0.1) is 0 Å². The van der Waals surface area contributed by atoms with Crippen molar-refractivity contribution in [1.82, 2.24) is 0 Å². The molecule has 1 atom stereocenters. The van der Waals surface area contributed by atoms with Gasteiger partial charge in [-0.2, -0.15) is 11.8 Å². The van der Waals surface area contributed by atoms with E-state index in [0.717, 1.165) is 22.4 Å². The van der Waals surface area contributed by atoms with Crippen LogP contribution in [0.25, 0.3) is 0 Å². The summed E-state index contributed by atoms with van der Waals surface area (Å²) >= 11 is 5.41. The van der Waals surface area contributed by atoms with Crippen LogP contribution >= 0.6 is 27.7 Å². The molecule has 78 valence electrons. The summed E-state index contributed by atoms with van der Waals surface area (Å²) in [6.07, 6.45) is 1.10. The molecule has 0 spiro atoms. The van der Waals surface area contributed by atoms with E-state index in [-0.39, 0.29) is 0 Å². The molecule has 0 aliphatic carbocycles. The van der Waals surface area contributed by atoms with Crippen molar-refractivity contribution >= 4 is 27.7 Å². The van der Waals surface area contributed by atoms with Crippen LogP contribution in [0.5, 0.6) is 0 Å². The summed E-state index contributed by atoms with van der Waals surface area (Å²) in [5.74, 6) is 2.22. The predicted octanol–water partition coefficient (Wildman–Crippen LogP) is 3.42. The normalized spacial score (nSPS) is 12.8. The summed E-state index contributed by atoms with van der Waals surface area (Å²) < 4.78 is 1.16. The highest BCUT2D eigenvalue weighted by atomic mass is 79.9. The Morgan fingerprint density at radius 2 is 2.29 bits per heavy atom. The summed E-state index contributed by atoms with van der Waals surface area (Å²) in [5, 5.41) is 0. The molecule has 0 aliphatic heterocycles. The van der Waals surface area contributed by atoms with E-state index in [4.69, 9.17) is 5.73 Å². The molecule has 0 radical (unpaired) electrons. The molecule has 0 aliphatic rings. The van der Waals surface area contributed by atoms with Gasteiger partial charge in [0.2, 0.25) is 0 Å². The molecule has 14 heavy (non-hydrogen) atoms. The Balaban J connectivity index is 2.25. The largest absolute Gasteiger partial charge is 0.328 e. The lowest BCUT2D eigenvalue weighted by Gasteiger charge is -2.04. The van der Waals surface area contributed by atoms with E-state index in [2.05, 4.69) is 47.1 Å². The van der Waals surface area contributed by atoms with Crippen molar-refractivity contribution in [2.75, 3.05) is 5.75 Å². The van der Waals surface area contributed by atoms with Crippen LogP contribution in [0.3, 0.4) is 0 Å². The van der Waals surface area contributed by atoms with E-state index >= 15 is 0 Å². The Hall–Kier alpha value is 0.01000. The van der Waals surface area contributed by atoms with Gasteiger partial charge in [-0.25, -0.2) is 0 Å². The Kier molecular flexibility index (Phi) is 5.60. The molecule has 2 N–H and O–H groups in total.